The van der Waals surface area contributed by atoms with E-state index in [-0.39, 0.29) is 18.9 Å². The van der Waals surface area contributed by atoms with E-state index < -0.39 is 5.91 Å². The fraction of sp³-hybridized carbons (Fsp3) is 0.250. The summed E-state index contributed by atoms with van der Waals surface area (Å²) in [6.07, 6.45) is 0.104. The molecule has 0 heterocycles. The highest BCUT2D eigenvalue weighted by atomic mass is 16.5. The summed E-state index contributed by atoms with van der Waals surface area (Å²) in [5.74, 6) is 0.684. The van der Waals surface area contributed by atoms with Crippen molar-refractivity contribution in [1.82, 2.24) is 10.7 Å². The zero-order valence-electron chi connectivity index (χ0n) is 15.4. The van der Waals surface area contributed by atoms with Crippen molar-refractivity contribution in [1.29, 1.82) is 0 Å². The van der Waals surface area contributed by atoms with Crippen molar-refractivity contribution in [2.45, 2.75) is 19.9 Å². The van der Waals surface area contributed by atoms with Crippen LogP contribution in [0.25, 0.3) is 0 Å². The Labute approximate surface area is 158 Å². The third-order valence-electron chi connectivity index (χ3n) is 3.55. The van der Waals surface area contributed by atoms with E-state index in [1.807, 2.05) is 30.3 Å². The van der Waals surface area contributed by atoms with Gasteiger partial charge in [0.15, 0.2) is 6.61 Å². The van der Waals surface area contributed by atoms with Gasteiger partial charge in [0.05, 0.1) is 13.5 Å². The molecule has 0 aliphatic heterocycles. The Morgan fingerprint density at radius 3 is 2.30 bits per heavy atom. The van der Waals surface area contributed by atoms with Crippen LogP contribution in [-0.4, -0.2) is 31.2 Å². The van der Waals surface area contributed by atoms with E-state index in [1.165, 1.54) is 0 Å². The number of carbonyl (C=O) groups is 2. The van der Waals surface area contributed by atoms with Gasteiger partial charge in [0, 0.05) is 12.3 Å². The molecule has 0 radical (unpaired) electrons. The fourth-order valence-corrected chi connectivity index (χ4v) is 2.14. The fourth-order valence-electron chi connectivity index (χ4n) is 2.14. The zero-order chi connectivity index (χ0) is 19.5. The van der Waals surface area contributed by atoms with Crippen LogP contribution in [0.15, 0.2) is 59.7 Å². The molecule has 142 valence electrons. The second-order valence-corrected chi connectivity index (χ2v) is 5.79. The maximum atomic E-state index is 11.9. The molecule has 7 heteroatoms. The zero-order valence-corrected chi connectivity index (χ0v) is 15.4. The molecule has 0 fully saturated rings. The molecular formula is C20H23N3O4. The van der Waals surface area contributed by atoms with Crippen molar-refractivity contribution in [3.8, 4) is 11.5 Å². The Morgan fingerprint density at radius 2 is 1.63 bits per heavy atom. The molecule has 0 bridgehead atoms. The van der Waals surface area contributed by atoms with Crippen LogP contribution in [-0.2, 0) is 16.1 Å². The van der Waals surface area contributed by atoms with Crippen LogP contribution >= 0.6 is 0 Å². The predicted octanol–water partition coefficient (Wildman–Crippen LogP) is 2.27. The second-order valence-electron chi connectivity index (χ2n) is 5.79. The van der Waals surface area contributed by atoms with Gasteiger partial charge >= 0.3 is 0 Å². The molecule has 0 unspecified atom stereocenters. The molecule has 0 spiro atoms. The summed E-state index contributed by atoms with van der Waals surface area (Å²) >= 11 is 0. The smallest absolute Gasteiger partial charge is 0.277 e. The van der Waals surface area contributed by atoms with Crippen molar-refractivity contribution < 1.29 is 19.1 Å². The van der Waals surface area contributed by atoms with Crippen LogP contribution < -0.4 is 20.2 Å². The third kappa shape index (κ3) is 7.60. The van der Waals surface area contributed by atoms with Gasteiger partial charge in [-0.15, -0.1) is 0 Å². The minimum absolute atomic E-state index is 0.104. The van der Waals surface area contributed by atoms with Crippen LogP contribution in [0, 0.1) is 0 Å². The molecule has 0 saturated heterocycles. The number of methoxy groups -OCH3 is 1. The maximum absolute atomic E-state index is 11.9. The highest BCUT2D eigenvalue weighted by Gasteiger charge is 2.06. The summed E-state index contributed by atoms with van der Waals surface area (Å²) in [7, 11) is 1.57. The Morgan fingerprint density at radius 1 is 0.963 bits per heavy atom. The molecule has 0 saturated carbocycles. The number of amides is 2. The van der Waals surface area contributed by atoms with Gasteiger partial charge < -0.3 is 14.8 Å². The number of hydrogen-bond donors (Lipinski definition) is 2. The first-order valence-corrected chi connectivity index (χ1v) is 8.46. The molecule has 0 aliphatic rings. The normalized spacial score (nSPS) is 10.8. The lowest BCUT2D eigenvalue weighted by molar-refractivity contribution is -0.123. The molecule has 2 amide bonds. The standard InChI is InChI=1S/C20H23N3O4/c1-15(12-19(24)21-13-16-6-4-3-5-7-16)22-23-20(25)14-27-18-10-8-17(26-2)9-11-18/h3-11H,12-14H2,1-2H3,(H,21,24)(H,23,25). The van der Waals surface area contributed by atoms with E-state index in [1.54, 1.807) is 38.3 Å². The molecule has 2 rings (SSSR count). The molecule has 2 N–H and O–H groups in total. The van der Waals surface area contributed by atoms with Gasteiger partial charge in [0.25, 0.3) is 5.91 Å². The van der Waals surface area contributed by atoms with E-state index >= 15 is 0 Å². The van der Waals surface area contributed by atoms with E-state index in [0.29, 0.717) is 23.8 Å². The van der Waals surface area contributed by atoms with E-state index in [4.69, 9.17) is 9.47 Å². The highest BCUT2D eigenvalue weighted by molar-refractivity contribution is 6.00. The topological polar surface area (TPSA) is 89.0 Å². The highest BCUT2D eigenvalue weighted by Crippen LogP contribution is 2.16. The minimum Gasteiger partial charge on any atom is -0.497 e. The van der Waals surface area contributed by atoms with Gasteiger partial charge in [0.1, 0.15) is 11.5 Å². The summed E-state index contributed by atoms with van der Waals surface area (Å²) in [6, 6.07) is 16.5. The van der Waals surface area contributed by atoms with Gasteiger partial charge in [-0.3, -0.25) is 9.59 Å². The number of nitrogens with one attached hydrogen (secondary N) is 2. The Hall–Kier alpha value is -3.35. The number of nitrogens with zero attached hydrogens (tertiary/aromatic N) is 1. The quantitative estimate of drug-likeness (QED) is 0.524. The molecule has 0 aromatic heterocycles. The second kappa shape index (κ2) is 10.6. The lowest BCUT2D eigenvalue weighted by Crippen LogP contribution is -2.28. The third-order valence-corrected chi connectivity index (χ3v) is 3.55. The van der Waals surface area contributed by atoms with E-state index in [2.05, 4.69) is 15.8 Å². The molecule has 2 aromatic rings. The van der Waals surface area contributed by atoms with Gasteiger partial charge in [-0.2, -0.15) is 5.10 Å². The van der Waals surface area contributed by atoms with Gasteiger partial charge in [-0.05, 0) is 36.8 Å². The van der Waals surface area contributed by atoms with Crippen LogP contribution in [0.4, 0.5) is 0 Å². The van der Waals surface area contributed by atoms with Crippen LogP contribution in [0.2, 0.25) is 0 Å². The maximum Gasteiger partial charge on any atom is 0.277 e. The van der Waals surface area contributed by atoms with Crippen molar-refractivity contribution in [3.63, 3.8) is 0 Å². The molecule has 27 heavy (non-hydrogen) atoms. The predicted molar refractivity (Wildman–Crippen MR) is 103 cm³/mol. The average Bonchev–Trinajstić information content (AvgIpc) is 2.70. The molecule has 0 atom stereocenters. The van der Waals surface area contributed by atoms with Crippen LogP contribution in [0.1, 0.15) is 18.9 Å². The first-order chi connectivity index (χ1) is 13.1. The average molecular weight is 369 g/mol. The minimum atomic E-state index is -0.408. The number of carbonyl (C=O) groups excluding carboxylic acids is 2. The van der Waals surface area contributed by atoms with Crippen LogP contribution in [0.5, 0.6) is 11.5 Å². The van der Waals surface area contributed by atoms with E-state index in [9.17, 15) is 9.59 Å². The molecule has 2 aromatic carbocycles. The molecular weight excluding hydrogens is 346 g/mol. The van der Waals surface area contributed by atoms with Crippen molar-refractivity contribution >= 4 is 17.5 Å². The lowest BCUT2D eigenvalue weighted by atomic mass is 10.2. The largest absolute Gasteiger partial charge is 0.497 e. The van der Waals surface area contributed by atoms with Gasteiger partial charge in [0.2, 0.25) is 5.91 Å². The first kappa shape index (κ1) is 20.0. The number of ether oxygens (including phenoxy) is 2. The SMILES string of the molecule is COc1ccc(OCC(=O)NN=C(C)CC(=O)NCc2ccccc2)cc1. The first-order valence-electron chi connectivity index (χ1n) is 8.46. The van der Waals surface area contributed by atoms with Crippen molar-refractivity contribution in [2.75, 3.05) is 13.7 Å². The van der Waals surface area contributed by atoms with E-state index in [0.717, 1.165) is 5.56 Å². The van der Waals surface area contributed by atoms with Gasteiger partial charge in [-0.25, -0.2) is 5.43 Å². The van der Waals surface area contributed by atoms with Crippen LogP contribution in [0.3, 0.4) is 0 Å². The summed E-state index contributed by atoms with van der Waals surface area (Å²) in [5.41, 5.74) is 3.89. The monoisotopic (exact) mass is 369 g/mol. The Bertz CT molecular complexity index is 774. The summed E-state index contributed by atoms with van der Waals surface area (Å²) < 4.78 is 10.4. The van der Waals surface area contributed by atoms with Gasteiger partial charge in [-0.1, -0.05) is 30.3 Å². The Kier molecular flexibility index (Phi) is 7.84. The van der Waals surface area contributed by atoms with Crippen molar-refractivity contribution in [2.24, 2.45) is 5.10 Å². The van der Waals surface area contributed by atoms with Crippen molar-refractivity contribution in [3.05, 3.63) is 60.2 Å². The lowest BCUT2D eigenvalue weighted by Gasteiger charge is -2.07. The summed E-state index contributed by atoms with van der Waals surface area (Å²) in [4.78, 5) is 23.7. The number of hydrazone groups is 1. The molecule has 7 nitrogen and oxygen atoms in total. The number of rotatable bonds is 9. The number of benzene rings is 2. The summed E-state index contributed by atoms with van der Waals surface area (Å²) in [5, 5.41) is 6.72. The Balaban J connectivity index is 1.68. The molecule has 0 aliphatic carbocycles. The number of hydrogen-bond acceptors (Lipinski definition) is 5. The summed E-state index contributed by atoms with van der Waals surface area (Å²) in [6.45, 7) is 1.95.